The maximum Gasteiger partial charge on any atom is 0.269 e. The van der Waals surface area contributed by atoms with E-state index in [1.54, 1.807) is 25.5 Å². The van der Waals surface area contributed by atoms with E-state index in [9.17, 15) is 4.79 Å². The third-order valence-electron chi connectivity index (χ3n) is 3.71. The van der Waals surface area contributed by atoms with Crippen LogP contribution in [-0.4, -0.2) is 26.3 Å². The number of thiazole rings is 1. The molecule has 0 spiro atoms. The van der Waals surface area contributed by atoms with E-state index >= 15 is 0 Å². The zero-order valence-electron chi connectivity index (χ0n) is 12.4. The fourth-order valence-electron chi connectivity index (χ4n) is 2.47. The standard InChI is InChI=1S/C15H14N4O3S/c1-19-8-9(4-5-12(19)20)13-17-14(22-18-13)11-7-16-15(23-11)10-3-2-6-21-10/h4-5,7-8,10H,2-3,6H2,1H3. The minimum atomic E-state index is -0.0823. The van der Waals surface area contributed by atoms with Gasteiger partial charge in [0.1, 0.15) is 16.0 Å². The van der Waals surface area contributed by atoms with Crippen LogP contribution >= 0.6 is 11.3 Å². The number of hydrogen-bond acceptors (Lipinski definition) is 7. The van der Waals surface area contributed by atoms with Crippen LogP contribution in [0.3, 0.4) is 0 Å². The summed E-state index contributed by atoms with van der Waals surface area (Å²) >= 11 is 1.51. The molecule has 0 radical (unpaired) electrons. The van der Waals surface area contributed by atoms with Crippen molar-refractivity contribution in [3.8, 4) is 22.2 Å². The molecule has 7 nitrogen and oxygen atoms in total. The summed E-state index contributed by atoms with van der Waals surface area (Å²) in [7, 11) is 1.68. The first-order valence-electron chi connectivity index (χ1n) is 7.29. The number of rotatable bonds is 3. The summed E-state index contributed by atoms with van der Waals surface area (Å²) in [6, 6.07) is 3.16. The second-order valence-corrected chi connectivity index (χ2v) is 6.42. The molecule has 8 heteroatoms. The smallest absolute Gasteiger partial charge is 0.269 e. The summed E-state index contributed by atoms with van der Waals surface area (Å²) in [5, 5.41) is 4.93. The molecule has 3 aromatic heterocycles. The van der Waals surface area contributed by atoms with Gasteiger partial charge in [-0.05, 0) is 18.9 Å². The van der Waals surface area contributed by atoms with E-state index in [2.05, 4.69) is 15.1 Å². The van der Waals surface area contributed by atoms with Gasteiger partial charge < -0.3 is 13.8 Å². The van der Waals surface area contributed by atoms with Gasteiger partial charge in [-0.25, -0.2) is 4.98 Å². The summed E-state index contributed by atoms with van der Waals surface area (Å²) in [5.41, 5.74) is 0.645. The lowest BCUT2D eigenvalue weighted by molar-refractivity contribution is 0.111. The maximum absolute atomic E-state index is 11.4. The summed E-state index contributed by atoms with van der Waals surface area (Å²) in [5.74, 6) is 0.873. The van der Waals surface area contributed by atoms with Crippen molar-refractivity contribution in [1.82, 2.24) is 19.7 Å². The van der Waals surface area contributed by atoms with Gasteiger partial charge in [-0.1, -0.05) is 5.16 Å². The molecule has 1 atom stereocenters. The second kappa shape index (κ2) is 5.71. The molecular weight excluding hydrogens is 316 g/mol. The average molecular weight is 330 g/mol. The molecule has 0 aromatic carbocycles. The first-order valence-corrected chi connectivity index (χ1v) is 8.11. The van der Waals surface area contributed by atoms with Crippen LogP contribution in [0.4, 0.5) is 0 Å². The van der Waals surface area contributed by atoms with Crippen LogP contribution in [0.2, 0.25) is 0 Å². The highest BCUT2D eigenvalue weighted by Crippen LogP contribution is 2.35. The second-order valence-electron chi connectivity index (χ2n) is 5.35. The molecule has 0 bridgehead atoms. The Morgan fingerprint density at radius 2 is 2.30 bits per heavy atom. The lowest BCUT2D eigenvalue weighted by Gasteiger charge is -2.02. The number of aromatic nitrogens is 4. The van der Waals surface area contributed by atoms with Gasteiger partial charge in [0.2, 0.25) is 11.4 Å². The van der Waals surface area contributed by atoms with Crippen molar-refractivity contribution in [1.29, 1.82) is 0 Å². The van der Waals surface area contributed by atoms with Crippen LogP contribution in [-0.2, 0) is 11.8 Å². The molecule has 0 aliphatic carbocycles. The predicted molar refractivity (Wildman–Crippen MR) is 84.0 cm³/mol. The molecule has 0 N–H and O–H groups in total. The Labute approximate surface area is 135 Å². The van der Waals surface area contributed by atoms with Crippen molar-refractivity contribution in [3.63, 3.8) is 0 Å². The van der Waals surface area contributed by atoms with Crippen molar-refractivity contribution >= 4 is 11.3 Å². The zero-order valence-corrected chi connectivity index (χ0v) is 13.2. The van der Waals surface area contributed by atoms with Gasteiger partial charge in [-0.15, -0.1) is 11.3 Å². The molecule has 1 saturated heterocycles. The van der Waals surface area contributed by atoms with E-state index in [-0.39, 0.29) is 11.7 Å². The lowest BCUT2D eigenvalue weighted by Crippen LogP contribution is -2.14. The molecule has 4 rings (SSSR count). The molecule has 118 valence electrons. The van der Waals surface area contributed by atoms with Crippen molar-refractivity contribution in [2.24, 2.45) is 7.05 Å². The monoisotopic (exact) mass is 330 g/mol. The maximum atomic E-state index is 11.4. The van der Waals surface area contributed by atoms with E-state index in [1.165, 1.54) is 22.0 Å². The highest BCUT2D eigenvalue weighted by molar-refractivity contribution is 7.15. The van der Waals surface area contributed by atoms with Gasteiger partial charge in [0.05, 0.1) is 6.20 Å². The van der Waals surface area contributed by atoms with Gasteiger partial charge in [0.25, 0.3) is 5.89 Å². The van der Waals surface area contributed by atoms with Gasteiger partial charge in [-0.3, -0.25) is 4.79 Å². The average Bonchev–Trinajstić information content (AvgIpc) is 3.30. The number of nitrogens with zero attached hydrogens (tertiary/aromatic N) is 4. The molecule has 23 heavy (non-hydrogen) atoms. The Hall–Kier alpha value is -2.32. The minimum Gasteiger partial charge on any atom is -0.371 e. The summed E-state index contributed by atoms with van der Waals surface area (Å²) < 4.78 is 12.4. The number of pyridine rings is 1. The first-order chi connectivity index (χ1) is 11.2. The van der Waals surface area contributed by atoms with Crippen molar-refractivity contribution in [2.75, 3.05) is 6.61 Å². The fourth-order valence-corrected chi connectivity index (χ4v) is 3.40. The first kappa shape index (κ1) is 14.3. The Bertz CT molecular complexity index is 892. The number of hydrogen-bond donors (Lipinski definition) is 0. The van der Waals surface area contributed by atoms with Crippen molar-refractivity contribution in [3.05, 3.63) is 39.9 Å². The normalized spacial score (nSPS) is 17.7. The topological polar surface area (TPSA) is 83.0 Å². The summed E-state index contributed by atoms with van der Waals surface area (Å²) in [4.78, 5) is 21.1. The molecule has 3 aromatic rings. The summed E-state index contributed by atoms with van der Waals surface area (Å²) in [6.45, 7) is 0.789. The van der Waals surface area contributed by atoms with Crippen LogP contribution in [0.25, 0.3) is 22.2 Å². The van der Waals surface area contributed by atoms with E-state index in [0.29, 0.717) is 11.7 Å². The van der Waals surface area contributed by atoms with Gasteiger partial charge in [-0.2, -0.15) is 4.98 Å². The highest BCUT2D eigenvalue weighted by Gasteiger charge is 2.22. The van der Waals surface area contributed by atoms with Crippen LogP contribution in [0.5, 0.6) is 0 Å². The van der Waals surface area contributed by atoms with E-state index in [1.807, 2.05) is 0 Å². The summed E-state index contributed by atoms with van der Waals surface area (Å²) in [6.07, 6.45) is 5.57. The molecular formula is C15H14N4O3S. The van der Waals surface area contributed by atoms with Crippen LogP contribution in [0.1, 0.15) is 24.0 Å². The van der Waals surface area contributed by atoms with Crippen molar-refractivity contribution < 1.29 is 9.26 Å². The Balaban J connectivity index is 1.62. The predicted octanol–water partition coefficient (Wildman–Crippen LogP) is 2.41. The lowest BCUT2D eigenvalue weighted by atomic mass is 10.2. The Kier molecular flexibility index (Phi) is 3.55. The van der Waals surface area contributed by atoms with Gasteiger partial charge in [0, 0.05) is 31.5 Å². The highest BCUT2D eigenvalue weighted by atomic mass is 32.1. The molecule has 4 heterocycles. The molecule has 1 fully saturated rings. The van der Waals surface area contributed by atoms with Gasteiger partial charge >= 0.3 is 0 Å². The Morgan fingerprint density at radius 1 is 1.39 bits per heavy atom. The third-order valence-corrected chi connectivity index (χ3v) is 4.79. The zero-order chi connectivity index (χ0) is 15.8. The quantitative estimate of drug-likeness (QED) is 0.733. The molecule has 0 amide bonds. The van der Waals surface area contributed by atoms with Crippen molar-refractivity contribution in [2.45, 2.75) is 18.9 Å². The molecule has 0 saturated carbocycles. The SMILES string of the molecule is Cn1cc(-c2noc(-c3cnc(C4CCCO4)s3)n2)ccc1=O. The van der Waals surface area contributed by atoms with Crippen LogP contribution < -0.4 is 5.56 Å². The number of ether oxygens (including phenoxy) is 1. The minimum absolute atomic E-state index is 0.0823. The van der Waals surface area contributed by atoms with E-state index in [4.69, 9.17) is 9.26 Å². The molecule has 1 aliphatic heterocycles. The van der Waals surface area contributed by atoms with Crippen LogP contribution in [0, 0.1) is 0 Å². The van der Waals surface area contributed by atoms with E-state index < -0.39 is 0 Å². The Morgan fingerprint density at radius 3 is 3.09 bits per heavy atom. The largest absolute Gasteiger partial charge is 0.371 e. The number of aryl methyl sites for hydroxylation is 1. The third kappa shape index (κ3) is 2.71. The molecule has 1 unspecified atom stereocenters. The van der Waals surface area contributed by atoms with E-state index in [0.717, 1.165) is 34.9 Å². The molecule has 1 aliphatic rings. The fraction of sp³-hybridized carbons (Fsp3) is 0.333. The van der Waals surface area contributed by atoms with Crippen LogP contribution in [0.15, 0.2) is 33.8 Å². The van der Waals surface area contributed by atoms with Gasteiger partial charge in [0.15, 0.2) is 0 Å².